The van der Waals surface area contributed by atoms with Gasteiger partial charge in [0.15, 0.2) is 0 Å². The molecular formula is C10H15N3. The third kappa shape index (κ3) is 2.41. The van der Waals surface area contributed by atoms with Gasteiger partial charge in [0.2, 0.25) is 5.95 Å². The summed E-state index contributed by atoms with van der Waals surface area (Å²) in [5.74, 6) is 1.60. The molecule has 1 aromatic heterocycles. The van der Waals surface area contributed by atoms with Gasteiger partial charge < -0.3 is 5.32 Å². The van der Waals surface area contributed by atoms with Crippen LogP contribution in [0.15, 0.2) is 18.5 Å². The minimum Gasteiger partial charge on any atom is -0.354 e. The standard InChI is InChI=1S/C10H15N3/c1-2-5-9(4-1)8-13-10-11-6-3-7-12-10/h3,6-7,9H,1-2,4-5,8H2,(H,11,12,13). The normalized spacial score (nSPS) is 17.5. The van der Waals surface area contributed by atoms with Crippen molar-refractivity contribution in [2.24, 2.45) is 5.92 Å². The largest absolute Gasteiger partial charge is 0.354 e. The molecule has 1 fully saturated rings. The summed E-state index contributed by atoms with van der Waals surface area (Å²) in [5, 5.41) is 3.26. The van der Waals surface area contributed by atoms with Crippen LogP contribution in [-0.2, 0) is 0 Å². The fourth-order valence-corrected chi connectivity index (χ4v) is 1.84. The molecule has 3 nitrogen and oxygen atoms in total. The Bertz CT molecular complexity index is 242. The number of hydrogen-bond donors (Lipinski definition) is 1. The minimum absolute atomic E-state index is 0.759. The number of aromatic nitrogens is 2. The second kappa shape index (κ2) is 4.21. The number of anilines is 1. The molecule has 0 atom stereocenters. The lowest BCUT2D eigenvalue weighted by Gasteiger charge is -2.09. The highest BCUT2D eigenvalue weighted by molar-refractivity contribution is 5.21. The molecule has 1 heterocycles. The van der Waals surface area contributed by atoms with Crippen LogP contribution in [0.3, 0.4) is 0 Å². The Labute approximate surface area is 78.6 Å². The minimum atomic E-state index is 0.759. The Hall–Kier alpha value is -1.12. The smallest absolute Gasteiger partial charge is 0.222 e. The van der Waals surface area contributed by atoms with Gasteiger partial charge in [-0.15, -0.1) is 0 Å². The average molecular weight is 177 g/mol. The lowest BCUT2D eigenvalue weighted by molar-refractivity contribution is 0.577. The first-order valence-electron chi connectivity index (χ1n) is 4.96. The van der Waals surface area contributed by atoms with Crippen LogP contribution in [0.25, 0.3) is 0 Å². The molecule has 1 aliphatic rings. The number of nitrogens with zero attached hydrogens (tertiary/aromatic N) is 2. The van der Waals surface area contributed by atoms with Gasteiger partial charge in [0.25, 0.3) is 0 Å². The molecule has 0 radical (unpaired) electrons. The molecule has 1 aromatic rings. The predicted octanol–water partition coefficient (Wildman–Crippen LogP) is 2.08. The van der Waals surface area contributed by atoms with E-state index in [4.69, 9.17) is 0 Å². The van der Waals surface area contributed by atoms with E-state index in [1.54, 1.807) is 12.4 Å². The fourth-order valence-electron chi connectivity index (χ4n) is 1.84. The topological polar surface area (TPSA) is 37.8 Å². The fraction of sp³-hybridized carbons (Fsp3) is 0.600. The molecule has 1 saturated carbocycles. The summed E-state index contributed by atoms with van der Waals surface area (Å²) in [6.45, 7) is 1.03. The molecule has 0 amide bonds. The summed E-state index contributed by atoms with van der Waals surface area (Å²) in [6.07, 6.45) is 9.04. The summed E-state index contributed by atoms with van der Waals surface area (Å²) >= 11 is 0. The van der Waals surface area contributed by atoms with Crippen molar-refractivity contribution in [1.82, 2.24) is 9.97 Å². The lowest BCUT2D eigenvalue weighted by Crippen LogP contribution is -2.12. The van der Waals surface area contributed by atoms with E-state index in [9.17, 15) is 0 Å². The maximum atomic E-state index is 4.12. The second-order valence-corrected chi connectivity index (χ2v) is 3.60. The molecule has 0 aliphatic heterocycles. The van der Waals surface area contributed by atoms with Crippen LogP contribution in [0.1, 0.15) is 25.7 Å². The van der Waals surface area contributed by atoms with Crippen LogP contribution in [0.5, 0.6) is 0 Å². The van der Waals surface area contributed by atoms with Crippen LogP contribution >= 0.6 is 0 Å². The molecule has 1 N–H and O–H groups in total. The monoisotopic (exact) mass is 177 g/mol. The zero-order chi connectivity index (χ0) is 8.93. The van der Waals surface area contributed by atoms with Crippen LogP contribution < -0.4 is 5.32 Å². The maximum Gasteiger partial charge on any atom is 0.222 e. The number of rotatable bonds is 3. The first-order chi connectivity index (χ1) is 6.45. The first kappa shape index (κ1) is 8.48. The van der Waals surface area contributed by atoms with Gasteiger partial charge in [-0.1, -0.05) is 12.8 Å². The summed E-state index contributed by atoms with van der Waals surface area (Å²) in [5.41, 5.74) is 0. The molecule has 13 heavy (non-hydrogen) atoms. The summed E-state index contributed by atoms with van der Waals surface area (Å²) < 4.78 is 0. The van der Waals surface area contributed by atoms with Crippen LogP contribution in [0, 0.1) is 5.92 Å². The molecule has 2 rings (SSSR count). The highest BCUT2D eigenvalue weighted by Gasteiger charge is 2.14. The molecule has 0 spiro atoms. The van der Waals surface area contributed by atoms with Crippen molar-refractivity contribution in [3.63, 3.8) is 0 Å². The average Bonchev–Trinajstić information content (AvgIpc) is 2.69. The summed E-state index contributed by atoms with van der Waals surface area (Å²) in [6, 6.07) is 1.83. The van der Waals surface area contributed by atoms with Gasteiger partial charge in [0.1, 0.15) is 0 Å². The van der Waals surface area contributed by atoms with Crippen molar-refractivity contribution in [1.29, 1.82) is 0 Å². The summed E-state index contributed by atoms with van der Waals surface area (Å²) in [7, 11) is 0. The molecule has 3 heteroatoms. The van der Waals surface area contributed by atoms with E-state index in [2.05, 4.69) is 15.3 Å². The van der Waals surface area contributed by atoms with E-state index in [1.165, 1.54) is 25.7 Å². The predicted molar refractivity (Wildman–Crippen MR) is 52.5 cm³/mol. The van der Waals surface area contributed by atoms with Crippen LogP contribution in [0.4, 0.5) is 5.95 Å². The SMILES string of the molecule is c1cnc(NCC2CCCC2)nc1. The van der Waals surface area contributed by atoms with E-state index < -0.39 is 0 Å². The van der Waals surface area contributed by atoms with E-state index in [-0.39, 0.29) is 0 Å². The van der Waals surface area contributed by atoms with E-state index in [0.717, 1.165) is 18.4 Å². The third-order valence-electron chi connectivity index (χ3n) is 2.59. The van der Waals surface area contributed by atoms with E-state index in [0.29, 0.717) is 0 Å². The van der Waals surface area contributed by atoms with Gasteiger partial charge in [-0.2, -0.15) is 0 Å². The number of hydrogen-bond acceptors (Lipinski definition) is 3. The van der Waals surface area contributed by atoms with Gasteiger partial charge in [-0.3, -0.25) is 0 Å². The lowest BCUT2D eigenvalue weighted by atomic mass is 10.1. The molecular weight excluding hydrogens is 162 g/mol. The molecule has 0 saturated heterocycles. The van der Waals surface area contributed by atoms with Crippen molar-refractivity contribution >= 4 is 5.95 Å². The Morgan fingerprint density at radius 2 is 1.92 bits per heavy atom. The Morgan fingerprint density at radius 3 is 2.62 bits per heavy atom. The maximum absolute atomic E-state index is 4.12. The molecule has 1 aliphatic carbocycles. The second-order valence-electron chi connectivity index (χ2n) is 3.60. The van der Waals surface area contributed by atoms with Gasteiger partial charge in [-0.05, 0) is 24.8 Å². The molecule has 0 aromatic carbocycles. The molecule has 0 unspecified atom stereocenters. The molecule has 0 bridgehead atoms. The van der Waals surface area contributed by atoms with E-state index in [1.807, 2.05) is 6.07 Å². The Kier molecular flexibility index (Phi) is 2.75. The Balaban J connectivity index is 1.79. The molecule has 70 valence electrons. The third-order valence-corrected chi connectivity index (χ3v) is 2.59. The van der Waals surface area contributed by atoms with Gasteiger partial charge in [0.05, 0.1) is 0 Å². The zero-order valence-corrected chi connectivity index (χ0v) is 7.74. The van der Waals surface area contributed by atoms with E-state index >= 15 is 0 Å². The van der Waals surface area contributed by atoms with Crippen molar-refractivity contribution in [2.75, 3.05) is 11.9 Å². The zero-order valence-electron chi connectivity index (χ0n) is 7.74. The van der Waals surface area contributed by atoms with Crippen molar-refractivity contribution in [3.05, 3.63) is 18.5 Å². The van der Waals surface area contributed by atoms with Crippen molar-refractivity contribution < 1.29 is 0 Å². The van der Waals surface area contributed by atoms with Gasteiger partial charge in [-0.25, -0.2) is 9.97 Å². The highest BCUT2D eigenvalue weighted by Crippen LogP contribution is 2.24. The quantitative estimate of drug-likeness (QED) is 0.768. The van der Waals surface area contributed by atoms with Crippen molar-refractivity contribution in [2.45, 2.75) is 25.7 Å². The van der Waals surface area contributed by atoms with Gasteiger partial charge in [0, 0.05) is 18.9 Å². The van der Waals surface area contributed by atoms with Crippen molar-refractivity contribution in [3.8, 4) is 0 Å². The summed E-state index contributed by atoms with van der Waals surface area (Å²) in [4.78, 5) is 8.23. The van der Waals surface area contributed by atoms with Crippen LogP contribution in [-0.4, -0.2) is 16.5 Å². The first-order valence-corrected chi connectivity index (χ1v) is 4.96. The Morgan fingerprint density at radius 1 is 1.23 bits per heavy atom. The van der Waals surface area contributed by atoms with Crippen LogP contribution in [0.2, 0.25) is 0 Å². The van der Waals surface area contributed by atoms with Gasteiger partial charge >= 0.3 is 0 Å². The highest BCUT2D eigenvalue weighted by atomic mass is 15.1. The number of nitrogens with one attached hydrogen (secondary N) is 1.